The van der Waals surface area contributed by atoms with Crippen LogP contribution in [0.5, 0.6) is 0 Å². The maximum atomic E-state index is 13.0. The quantitative estimate of drug-likeness (QED) is 0.549. The second-order valence-electron chi connectivity index (χ2n) is 6.32. The molecule has 27 heavy (non-hydrogen) atoms. The van der Waals surface area contributed by atoms with Crippen molar-refractivity contribution >= 4 is 54.5 Å². The van der Waals surface area contributed by atoms with Gasteiger partial charge in [-0.1, -0.05) is 12.1 Å². The van der Waals surface area contributed by atoms with Crippen LogP contribution in [-0.2, 0) is 21.4 Å². The summed E-state index contributed by atoms with van der Waals surface area (Å²) in [4.78, 5) is 15.9. The van der Waals surface area contributed by atoms with E-state index in [2.05, 4.69) is 22.5 Å². The van der Waals surface area contributed by atoms with Crippen LogP contribution in [-0.4, -0.2) is 43.2 Å². The Hall–Kier alpha value is -1.000. The van der Waals surface area contributed by atoms with E-state index in [1.54, 1.807) is 29.5 Å². The molecule has 3 heterocycles. The van der Waals surface area contributed by atoms with Crippen molar-refractivity contribution in [1.82, 2.24) is 9.21 Å². The number of carbonyl (C=O) groups excluding carboxylic acids is 1. The zero-order valence-corrected chi connectivity index (χ0v) is 18.7. The number of amides is 1. The van der Waals surface area contributed by atoms with Crippen molar-refractivity contribution < 1.29 is 13.2 Å². The normalized spacial score (nSPS) is 16.3. The smallest absolute Gasteiger partial charge is 0.252 e. The molecule has 2 aromatic heterocycles. The lowest BCUT2D eigenvalue weighted by Crippen LogP contribution is -2.44. The van der Waals surface area contributed by atoms with Crippen LogP contribution in [0.15, 0.2) is 50.3 Å². The second kappa shape index (κ2) is 9.00. The standard InChI is InChI=1S/C18H21BrN2O3S3/c1-2-9-20(13-15-4-3-12-25-15)18(22)14-7-10-21(11-8-14)27(23,24)17-6-5-16(19)26-17/h2-6,12,14H,1,7-11,13H2. The molecule has 0 unspecified atom stereocenters. The van der Waals surface area contributed by atoms with Crippen molar-refractivity contribution in [2.75, 3.05) is 19.6 Å². The van der Waals surface area contributed by atoms with E-state index in [1.807, 2.05) is 22.4 Å². The molecule has 0 atom stereocenters. The molecule has 2 aromatic rings. The number of thiophene rings is 2. The molecule has 1 fully saturated rings. The van der Waals surface area contributed by atoms with E-state index in [0.29, 0.717) is 43.2 Å². The lowest BCUT2D eigenvalue weighted by Gasteiger charge is -2.33. The molecular formula is C18H21BrN2O3S3. The molecule has 3 rings (SSSR count). The Labute approximate surface area is 176 Å². The largest absolute Gasteiger partial charge is 0.334 e. The fourth-order valence-corrected chi connectivity index (χ4v) is 7.50. The van der Waals surface area contributed by atoms with E-state index in [9.17, 15) is 13.2 Å². The molecule has 1 amide bonds. The topological polar surface area (TPSA) is 57.7 Å². The molecule has 0 radical (unpaired) electrons. The van der Waals surface area contributed by atoms with E-state index in [0.717, 1.165) is 8.66 Å². The predicted molar refractivity (Wildman–Crippen MR) is 113 cm³/mol. The Morgan fingerprint density at radius 3 is 2.63 bits per heavy atom. The Morgan fingerprint density at radius 1 is 1.33 bits per heavy atom. The first-order valence-electron chi connectivity index (χ1n) is 8.59. The molecule has 0 saturated carbocycles. The first-order chi connectivity index (χ1) is 12.9. The number of rotatable bonds is 7. The van der Waals surface area contributed by atoms with Crippen LogP contribution < -0.4 is 0 Å². The van der Waals surface area contributed by atoms with Gasteiger partial charge in [-0.05, 0) is 52.4 Å². The monoisotopic (exact) mass is 488 g/mol. The van der Waals surface area contributed by atoms with Gasteiger partial charge in [0.2, 0.25) is 5.91 Å². The van der Waals surface area contributed by atoms with Gasteiger partial charge < -0.3 is 4.90 Å². The predicted octanol–water partition coefficient (Wildman–Crippen LogP) is 4.19. The molecule has 1 saturated heterocycles. The summed E-state index contributed by atoms with van der Waals surface area (Å²) in [5.41, 5.74) is 0. The highest BCUT2D eigenvalue weighted by molar-refractivity contribution is 9.11. The summed E-state index contributed by atoms with van der Waals surface area (Å²) in [5.74, 6) is -0.0642. The molecule has 0 N–H and O–H groups in total. The molecule has 5 nitrogen and oxygen atoms in total. The molecule has 146 valence electrons. The van der Waals surface area contributed by atoms with Gasteiger partial charge in [0.1, 0.15) is 4.21 Å². The summed E-state index contributed by atoms with van der Waals surface area (Å²) in [6, 6.07) is 7.35. The summed E-state index contributed by atoms with van der Waals surface area (Å²) in [7, 11) is -3.48. The Morgan fingerprint density at radius 2 is 2.07 bits per heavy atom. The number of carbonyl (C=O) groups is 1. The third-order valence-electron chi connectivity index (χ3n) is 4.53. The lowest BCUT2D eigenvalue weighted by molar-refractivity contribution is -0.136. The van der Waals surface area contributed by atoms with Gasteiger partial charge in [-0.25, -0.2) is 8.42 Å². The lowest BCUT2D eigenvalue weighted by atomic mass is 9.96. The van der Waals surface area contributed by atoms with Crippen LogP contribution in [0.4, 0.5) is 0 Å². The number of hydrogen-bond acceptors (Lipinski definition) is 5. The van der Waals surface area contributed by atoms with E-state index in [4.69, 9.17) is 0 Å². The van der Waals surface area contributed by atoms with Gasteiger partial charge in [-0.15, -0.1) is 29.3 Å². The Balaban J connectivity index is 1.63. The zero-order valence-electron chi connectivity index (χ0n) is 14.7. The van der Waals surface area contributed by atoms with Crippen LogP contribution in [0.2, 0.25) is 0 Å². The third kappa shape index (κ3) is 4.89. The van der Waals surface area contributed by atoms with Gasteiger partial charge in [0.25, 0.3) is 10.0 Å². The van der Waals surface area contributed by atoms with Gasteiger partial charge in [-0.3, -0.25) is 4.79 Å². The maximum absolute atomic E-state index is 13.0. The second-order valence-corrected chi connectivity index (χ2v) is 12.0. The highest BCUT2D eigenvalue weighted by Gasteiger charge is 2.34. The summed E-state index contributed by atoms with van der Waals surface area (Å²) >= 11 is 6.15. The third-order valence-corrected chi connectivity index (χ3v) is 9.38. The number of hydrogen-bond donors (Lipinski definition) is 0. The minimum atomic E-state index is -3.48. The van der Waals surface area contributed by atoms with Gasteiger partial charge >= 0.3 is 0 Å². The number of piperidine rings is 1. The van der Waals surface area contributed by atoms with Gasteiger partial charge in [-0.2, -0.15) is 4.31 Å². The first kappa shape index (κ1) is 20.7. The zero-order chi connectivity index (χ0) is 19.4. The van der Waals surface area contributed by atoms with Crippen molar-refractivity contribution in [3.8, 4) is 0 Å². The minimum Gasteiger partial charge on any atom is -0.334 e. The molecule has 1 aliphatic rings. The summed E-state index contributed by atoms with van der Waals surface area (Å²) < 4.78 is 28.1. The van der Waals surface area contributed by atoms with Crippen LogP contribution in [0.1, 0.15) is 17.7 Å². The van der Waals surface area contributed by atoms with Crippen molar-refractivity contribution in [1.29, 1.82) is 0 Å². The van der Waals surface area contributed by atoms with Crippen LogP contribution in [0.3, 0.4) is 0 Å². The average Bonchev–Trinajstić information content (AvgIpc) is 3.33. The molecule has 0 aliphatic carbocycles. The van der Waals surface area contributed by atoms with Crippen molar-refractivity contribution in [3.63, 3.8) is 0 Å². The SMILES string of the molecule is C=CCN(Cc1cccs1)C(=O)C1CCN(S(=O)(=O)c2ccc(Br)s2)CC1. The van der Waals surface area contributed by atoms with Crippen molar-refractivity contribution in [3.05, 3.63) is 51.0 Å². The van der Waals surface area contributed by atoms with Crippen molar-refractivity contribution in [2.24, 2.45) is 5.92 Å². The van der Waals surface area contributed by atoms with Crippen molar-refractivity contribution in [2.45, 2.75) is 23.6 Å². The van der Waals surface area contributed by atoms with E-state index >= 15 is 0 Å². The van der Waals surface area contributed by atoms with Crippen LogP contribution in [0.25, 0.3) is 0 Å². The fourth-order valence-electron chi connectivity index (χ4n) is 3.14. The average molecular weight is 489 g/mol. The number of nitrogens with zero attached hydrogens (tertiary/aromatic N) is 2. The summed E-state index contributed by atoms with van der Waals surface area (Å²) in [6.07, 6.45) is 2.82. The Kier molecular flexibility index (Phi) is 6.91. The van der Waals surface area contributed by atoms with E-state index in [1.165, 1.54) is 15.6 Å². The molecular weight excluding hydrogens is 468 g/mol. The van der Waals surface area contributed by atoms with Crippen LogP contribution in [0, 0.1) is 5.92 Å². The molecule has 9 heteroatoms. The highest BCUT2D eigenvalue weighted by atomic mass is 79.9. The maximum Gasteiger partial charge on any atom is 0.252 e. The van der Waals surface area contributed by atoms with E-state index < -0.39 is 10.0 Å². The number of sulfonamides is 1. The molecule has 1 aliphatic heterocycles. The first-order valence-corrected chi connectivity index (χ1v) is 12.5. The van der Waals surface area contributed by atoms with Crippen LogP contribution >= 0.6 is 38.6 Å². The Bertz CT molecular complexity index is 885. The van der Waals surface area contributed by atoms with E-state index in [-0.39, 0.29) is 11.8 Å². The summed E-state index contributed by atoms with van der Waals surface area (Å²) in [6.45, 7) is 5.57. The van der Waals surface area contributed by atoms with Gasteiger partial charge in [0.15, 0.2) is 0 Å². The van der Waals surface area contributed by atoms with Gasteiger partial charge in [0, 0.05) is 30.4 Å². The number of halogens is 1. The molecule has 0 aromatic carbocycles. The molecule has 0 bridgehead atoms. The molecule has 0 spiro atoms. The highest BCUT2D eigenvalue weighted by Crippen LogP contribution is 2.31. The fraction of sp³-hybridized carbons (Fsp3) is 0.389. The van der Waals surface area contributed by atoms with Gasteiger partial charge in [0.05, 0.1) is 10.3 Å². The summed E-state index contributed by atoms with van der Waals surface area (Å²) in [5, 5.41) is 2.00. The minimum absolute atomic E-state index is 0.0826.